The van der Waals surface area contributed by atoms with E-state index < -0.39 is 9.84 Å². The van der Waals surface area contributed by atoms with Crippen LogP contribution in [0, 0.1) is 6.92 Å². The summed E-state index contributed by atoms with van der Waals surface area (Å²) in [5.41, 5.74) is 1.63. The summed E-state index contributed by atoms with van der Waals surface area (Å²) in [7, 11) is -1.44. The molecule has 0 saturated heterocycles. The lowest BCUT2D eigenvalue weighted by molar-refractivity contribution is 0.269. The molecule has 0 fully saturated rings. The van der Waals surface area contributed by atoms with Gasteiger partial charge in [-0.25, -0.2) is 8.42 Å². The lowest BCUT2D eigenvalue weighted by Crippen LogP contribution is -2.45. The summed E-state index contributed by atoms with van der Waals surface area (Å²) < 4.78 is 24.0. The molecule has 1 atom stereocenters. The first kappa shape index (κ1) is 11.4. The number of anilines is 1. The molecular weight excluding hydrogens is 226 g/mol. The van der Waals surface area contributed by atoms with Gasteiger partial charge in [0.25, 0.3) is 0 Å². The molecule has 0 amide bonds. The molecule has 0 radical (unpaired) electrons. The van der Waals surface area contributed by atoms with E-state index >= 15 is 0 Å². The molecule has 0 saturated carbocycles. The van der Waals surface area contributed by atoms with Crippen molar-refractivity contribution in [3.63, 3.8) is 0 Å². The van der Waals surface area contributed by atoms with Gasteiger partial charge in [-0.2, -0.15) is 0 Å². The molecule has 1 aliphatic heterocycles. The van der Waals surface area contributed by atoms with Crippen molar-refractivity contribution >= 4 is 15.5 Å². The third-order valence-electron chi connectivity index (χ3n) is 3.06. The van der Waals surface area contributed by atoms with Gasteiger partial charge in [-0.3, -0.25) is 0 Å². The minimum Gasteiger partial charge on any atom is -0.394 e. The van der Waals surface area contributed by atoms with Crippen LogP contribution in [-0.2, 0) is 9.84 Å². The Morgan fingerprint density at radius 2 is 2.19 bits per heavy atom. The third kappa shape index (κ3) is 1.60. The molecule has 1 unspecified atom stereocenters. The number of sulfone groups is 1. The molecule has 1 heterocycles. The number of para-hydroxylation sites is 1. The van der Waals surface area contributed by atoms with E-state index in [1.54, 1.807) is 12.1 Å². The van der Waals surface area contributed by atoms with Crippen molar-refractivity contribution in [1.29, 1.82) is 0 Å². The number of fused-ring (bicyclic) bond motifs is 1. The highest BCUT2D eigenvalue weighted by Crippen LogP contribution is 2.34. The summed E-state index contributed by atoms with van der Waals surface area (Å²) in [6.45, 7) is 1.73. The second-order valence-electron chi connectivity index (χ2n) is 4.15. The highest BCUT2D eigenvalue weighted by molar-refractivity contribution is 7.91. The van der Waals surface area contributed by atoms with Gasteiger partial charge < -0.3 is 10.0 Å². The SMILES string of the molecule is Cc1cccc2c1N(C)C(CO)CS2(=O)=O. The van der Waals surface area contributed by atoms with Crippen LogP contribution in [0.2, 0.25) is 0 Å². The minimum absolute atomic E-state index is 0.0174. The molecule has 5 heteroatoms. The van der Waals surface area contributed by atoms with Crippen LogP contribution in [0.1, 0.15) is 5.56 Å². The molecule has 0 aromatic heterocycles. The van der Waals surface area contributed by atoms with Gasteiger partial charge in [0.1, 0.15) is 0 Å². The Morgan fingerprint density at radius 3 is 2.81 bits per heavy atom. The Kier molecular flexibility index (Phi) is 2.67. The second kappa shape index (κ2) is 3.75. The summed E-state index contributed by atoms with van der Waals surface area (Å²) in [5, 5.41) is 9.20. The van der Waals surface area contributed by atoms with Crippen molar-refractivity contribution < 1.29 is 13.5 Å². The zero-order valence-corrected chi connectivity index (χ0v) is 10.2. The molecule has 88 valence electrons. The predicted molar refractivity (Wildman–Crippen MR) is 62.5 cm³/mol. The van der Waals surface area contributed by atoms with Gasteiger partial charge in [0, 0.05) is 7.05 Å². The highest BCUT2D eigenvalue weighted by atomic mass is 32.2. The number of aliphatic hydroxyl groups is 1. The summed E-state index contributed by atoms with van der Waals surface area (Å²) in [6, 6.07) is 4.91. The first-order valence-corrected chi connectivity index (χ1v) is 6.78. The third-order valence-corrected chi connectivity index (χ3v) is 4.88. The van der Waals surface area contributed by atoms with E-state index in [1.807, 2.05) is 24.9 Å². The molecule has 0 spiro atoms. The first-order chi connectivity index (χ1) is 7.47. The average molecular weight is 241 g/mol. The normalized spacial score (nSPS) is 22.9. The zero-order valence-electron chi connectivity index (χ0n) is 9.34. The number of nitrogens with zero attached hydrogens (tertiary/aromatic N) is 1. The number of aliphatic hydroxyl groups excluding tert-OH is 1. The van der Waals surface area contributed by atoms with E-state index in [9.17, 15) is 13.5 Å². The second-order valence-corrected chi connectivity index (χ2v) is 6.15. The topological polar surface area (TPSA) is 57.6 Å². The Balaban J connectivity index is 2.68. The van der Waals surface area contributed by atoms with Crippen LogP contribution < -0.4 is 4.90 Å². The summed E-state index contributed by atoms with van der Waals surface area (Å²) in [4.78, 5) is 2.23. The van der Waals surface area contributed by atoms with Gasteiger partial charge in [0.2, 0.25) is 0 Å². The van der Waals surface area contributed by atoms with E-state index in [1.165, 1.54) is 0 Å². The maximum atomic E-state index is 12.0. The van der Waals surface area contributed by atoms with E-state index in [0.29, 0.717) is 10.6 Å². The van der Waals surface area contributed by atoms with E-state index in [4.69, 9.17) is 0 Å². The molecule has 0 aliphatic carbocycles. The molecule has 1 N–H and O–H groups in total. The van der Waals surface area contributed by atoms with E-state index in [-0.39, 0.29) is 18.4 Å². The zero-order chi connectivity index (χ0) is 11.9. The van der Waals surface area contributed by atoms with Gasteiger partial charge in [0.05, 0.1) is 29.0 Å². The van der Waals surface area contributed by atoms with E-state index in [0.717, 1.165) is 5.56 Å². The quantitative estimate of drug-likeness (QED) is 0.781. The first-order valence-electron chi connectivity index (χ1n) is 5.13. The van der Waals surface area contributed by atoms with Gasteiger partial charge in [-0.15, -0.1) is 0 Å². The van der Waals surface area contributed by atoms with Crippen LogP contribution in [-0.4, -0.2) is 39.0 Å². The number of benzene rings is 1. The standard InChI is InChI=1S/C11H15NO3S/c1-8-4-3-5-10-11(8)12(2)9(6-13)7-16(10,14)15/h3-5,9,13H,6-7H2,1-2H3. The highest BCUT2D eigenvalue weighted by Gasteiger charge is 2.34. The van der Waals surface area contributed by atoms with Gasteiger partial charge in [-0.1, -0.05) is 12.1 Å². The van der Waals surface area contributed by atoms with Crippen LogP contribution in [0.15, 0.2) is 23.1 Å². The predicted octanol–water partition coefficient (Wildman–Crippen LogP) is 0.579. The van der Waals surface area contributed by atoms with Crippen LogP contribution >= 0.6 is 0 Å². The Labute approximate surface area is 95.4 Å². The fraction of sp³-hybridized carbons (Fsp3) is 0.455. The Hall–Kier alpha value is -1.07. The number of rotatable bonds is 1. The van der Waals surface area contributed by atoms with Crippen LogP contribution in [0.5, 0.6) is 0 Å². The Bertz CT molecular complexity index is 510. The largest absolute Gasteiger partial charge is 0.394 e. The molecule has 0 bridgehead atoms. The van der Waals surface area contributed by atoms with Gasteiger partial charge in [-0.05, 0) is 18.6 Å². The molecule has 4 nitrogen and oxygen atoms in total. The fourth-order valence-corrected chi connectivity index (χ4v) is 4.05. The van der Waals surface area contributed by atoms with Crippen LogP contribution in [0.3, 0.4) is 0 Å². The number of aryl methyl sites for hydroxylation is 1. The van der Waals surface area contributed by atoms with Crippen molar-refractivity contribution in [3.8, 4) is 0 Å². The van der Waals surface area contributed by atoms with Crippen molar-refractivity contribution in [1.82, 2.24) is 0 Å². The molecular formula is C11H15NO3S. The summed E-state index contributed by atoms with van der Waals surface area (Å²) >= 11 is 0. The number of hydrogen-bond donors (Lipinski definition) is 1. The average Bonchev–Trinajstić information content (AvgIpc) is 2.23. The maximum absolute atomic E-state index is 12.0. The van der Waals surface area contributed by atoms with Crippen molar-refractivity contribution in [2.24, 2.45) is 0 Å². The molecule has 2 rings (SSSR count). The minimum atomic E-state index is -3.26. The lowest BCUT2D eigenvalue weighted by atomic mass is 10.1. The smallest absolute Gasteiger partial charge is 0.182 e. The van der Waals surface area contributed by atoms with Gasteiger partial charge in [0.15, 0.2) is 9.84 Å². The lowest BCUT2D eigenvalue weighted by Gasteiger charge is -2.35. The van der Waals surface area contributed by atoms with Crippen molar-refractivity contribution in [2.45, 2.75) is 17.9 Å². The van der Waals surface area contributed by atoms with E-state index in [2.05, 4.69) is 0 Å². The number of hydrogen-bond acceptors (Lipinski definition) is 4. The fourth-order valence-electron chi connectivity index (χ4n) is 2.15. The summed E-state index contributed by atoms with van der Waals surface area (Å²) in [5.74, 6) is -0.0174. The molecule has 1 aromatic rings. The Morgan fingerprint density at radius 1 is 1.50 bits per heavy atom. The molecule has 1 aliphatic rings. The molecule has 1 aromatic carbocycles. The monoisotopic (exact) mass is 241 g/mol. The van der Waals surface area contributed by atoms with Crippen molar-refractivity contribution in [3.05, 3.63) is 23.8 Å². The summed E-state index contributed by atoms with van der Waals surface area (Å²) in [6.07, 6.45) is 0. The van der Waals surface area contributed by atoms with Crippen molar-refractivity contribution in [2.75, 3.05) is 24.3 Å². The molecule has 16 heavy (non-hydrogen) atoms. The number of likely N-dealkylation sites (N-methyl/N-ethyl adjacent to an activating group) is 1. The van der Waals surface area contributed by atoms with Crippen LogP contribution in [0.4, 0.5) is 5.69 Å². The van der Waals surface area contributed by atoms with Gasteiger partial charge >= 0.3 is 0 Å². The maximum Gasteiger partial charge on any atom is 0.182 e. The van der Waals surface area contributed by atoms with Crippen LogP contribution in [0.25, 0.3) is 0 Å².